The van der Waals surface area contributed by atoms with Crippen molar-refractivity contribution in [2.45, 2.75) is 82.4 Å². The van der Waals surface area contributed by atoms with E-state index in [4.69, 9.17) is 19.6 Å². The van der Waals surface area contributed by atoms with Gasteiger partial charge in [-0.05, 0) is 99.3 Å². The number of nitrogens with two attached hydrogens (primary N) is 1. The highest BCUT2D eigenvalue weighted by Crippen LogP contribution is 2.42. The summed E-state index contributed by atoms with van der Waals surface area (Å²) in [6.07, 6.45) is 7.84. The van der Waals surface area contributed by atoms with Gasteiger partial charge in [0.05, 0.1) is 12.1 Å². The Bertz CT molecular complexity index is 1390. The van der Waals surface area contributed by atoms with Gasteiger partial charge >= 0.3 is 5.97 Å². The number of likely N-dealkylation sites (tertiary alicyclic amines) is 1. The maximum Gasteiger partial charge on any atom is 0.374 e. The summed E-state index contributed by atoms with van der Waals surface area (Å²) in [5.41, 5.74) is 7.20. The van der Waals surface area contributed by atoms with Crippen molar-refractivity contribution < 1.29 is 37.5 Å². The van der Waals surface area contributed by atoms with Gasteiger partial charge in [0.15, 0.2) is 12.4 Å². The summed E-state index contributed by atoms with van der Waals surface area (Å²) in [7, 11) is 4.90. The topological polar surface area (TPSA) is 132 Å². The van der Waals surface area contributed by atoms with Crippen molar-refractivity contribution in [1.29, 1.82) is 0 Å². The Balaban J connectivity index is 1.31. The van der Waals surface area contributed by atoms with Crippen LogP contribution < -0.4 is 5.73 Å². The zero-order chi connectivity index (χ0) is 33.0. The maximum absolute atomic E-state index is 14.2. The summed E-state index contributed by atoms with van der Waals surface area (Å²) >= 11 is 0. The number of esters is 1. The molecule has 10 nitrogen and oxygen atoms in total. The minimum absolute atomic E-state index is 0.0162. The molecule has 252 valence electrons. The third-order valence-corrected chi connectivity index (χ3v) is 10.6. The Morgan fingerprint density at radius 3 is 2.39 bits per heavy atom. The predicted molar refractivity (Wildman–Crippen MR) is 170 cm³/mol. The average Bonchev–Trinajstić information content (AvgIpc) is 3.71. The van der Waals surface area contributed by atoms with Gasteiger partial charge in [0, 0.05) is 51.5 Å². The number of methoxy groups -OCH3 is 1. The van der Waals surface area contributed by atoms with E-state index >= 15 is 0 Å². The number of Topliss-reactive ketones (excluding diaryl/α,β-unsaturated/α-hetero) is 1. The molecule has 0 unspecified atom stereocenters. The molecule has 2 N–H and O–H groups in total. The van der Waals surface area contributed by atoms with Gasteiger partial charge in [0.1, 0.15) is 12.3 Å². The molecule has 2 aromatic rings. The van der Waals surface area contributed by atoms with Crippen molar-refractivity contribution in [1.82, 2.24) is 9.80 Å². The molecule has 11 heteroatoms. The van der Waals surface area contributed by atoms with E-state index in [0.29, 0.717) is 36.3 Å². The lowest BCUT2D eigenvalue weighted by Gasteiger charge is -2.37. The summed E-state index contributed by atoms with van der Waals surface area (Å²) < 4.78 is 29.5. The van der Waals surface area contributed by atoms with E-state index < -0.39 is 24.7 Å². The number of ether oxygens (including phenoxy) is 2. The lowest BCUT2D eigenvalue weighted by atomic mass is 9.74. The van der Waals surface area contributed by atoms with Crippen LogP contribution in [-0.4, -0.2) is 92.6 Å². The monoisotopic (exact) mass is 641 g/mol. The number of carbonyl (C=O) groups is 4. The number of hydrogen-bond acceptors (Lipinski definition) is 8. The van der Waals surface area contributed by atoms with Gasteiger partial charge in [-0.1, -0.05) is 6.07 Å². The fourth-order valence-electron chi connectivity index (χ4n) is 7.81. The number of carbonyl (C=O) groups excluding carboxylic acids is 4. The first-order valence-electron chi connectivity index (χ1n) is 16.7. The summed E-state index contributed by atoms with van der Waals surface area (Å²) in [5, 5.41) is 0.647. The summed E-state index contributed by atoms with van der Waals surface area (Å²) in [6, 6.07) is 5.94. The van der Waals surface area contributed by atoms with Gasteiger partial charge < -0.3 is 29.4 Å². The van der Waals surface area contributed by atoms with Crippen LogP contribution in [-0.2, 0) is 30.3 Å². The van der Waals surface area contributed by atoms with Crippen LogP contribution in [0.5, 0.6) is 0 Å². The summed E-state index contributed by atoms with van der Waals surface area (Å²) in [4.78, 5) is 55.7. The number of hydrogen-bond donors (Lipinski definition) is 1. The normalized spacial score (nSPS) is 27.4. The molecule has 1 aliphatic heterocycles. The second-order valence-corrected chi connectivity index (χ2v) is 13.6. The van der Waals surface area contributed by atoms with Crippen LogP contribution in [0.25, 0.3) is 11.0 Å². The summed E-state index contributed by atoms with van der Waals surface area (Å²) in [6.45, 7) is -0.372. The molecule has 3 aliphatic rings. The second-order valence-electron chi connectivity index (χ2n) is 13.6. The number of ketones is 1. The van der Waals surface area contributed by atoms with Crippen LogP contribution in [0.1, 0.15) is 73.9 Å². The Kier molecular flexibility index (Phi) is 11.1. The first-order valence-corrected chi connectivity index (χ1v) is 16.7. The first-order chi connectivity index (χ1) is 22.1. The lowest BCUT2D eigenvalue weighted by molar-refractivity contribution is -0.143. The van der Waals surface area contributed by atoms with E-state index in [1.165, 1.54) is 4.90 Å². The number of benzene rings is 1. The highest BCUT2D eigenvalue weighted by Gasteiger charge is 2.47. The summed E-state index contributed by atoms with van der Waals surface area (Å²) in [5.74, 6) is -0.687. The number of halogens is 1. The number of amides is 2. The zero-order valence-electron chi connectivity index (χ0n) is 27.3. The maximum atomic E-state index is 14.2. The van der Waals surface area contributed by atoms with Crippen molar-refractivity contribution in [3.05, 3.63) is 35.6 Å². The minimum atomic E-state index is -0.740. The zero-order valence-corrected chi connectivity index (χ0v) is 27.3. The van der Waals surface area contributed by atoms with Crippen LogP contribution in [0.2, 0.25) is 0 Å². The average molecular weight is 642 g/mol. The third-order valence-electron chi connectivity index (χ3n) is 10.6. The number of furan rings is 1. The van der Waals surface area contributed by atoms with Crippen molar-refractivity contribution in [2.24, 2.45) is 29.4 Å². The fraction of sp³-hybridized carbons (Fsp3) is 0.657. The molecule has 2 saturated carbocycles. The Morgan fingerprint density at radius 1 is 1.02 bits per heavy atom. The van der Waals surface area contributed by atoms with E-state index in [1.807, 2.05) is 17.0 Å². The molecule has 46 heavy (non-hydrogen) atoms. The highest BCUT2D eigenvalue weighted by molar-refractivity contribution is 5.95. The molecule has 0 radical (unpaired) electrons. The molecule has 5 rings (SSSR count). The van der Waals surface area contributed by atoms with Gasteiger partial charge in [0.25, 0.3) is 5.91 Å². The predicted octanol–water partition coefficient (Wildman–Crippen LogP) is 4.31. The number of likely N-dealkylation sites (N-methyl/N-ethyl adjacent to an activating group) is 1. The fourth-order valence-corrected chi connectivity index (χ4v) is 7.81. The van der Waals surface area contributed by atoms with E-state index in [-0.39, 0.29) is 60.2 Å². The molecule has 0 spiro atoms. The van der Waals surface area contributed by atoms with Gasteiger partial charge in [-0.25, -0.2) is 9.18 Å². The van der Waals surface area contributed by atoms with Crippen molar-refractivity contribution >= 4 is 34.5 Å². The largest absolute Gasteiger partial charge is 0.450 e. The second kappa shape index (κ2) is 15.1. The Hall–Kier alpha value is -3.31. The molecular formula is C35H48FN3O7. The molecule has 1 saturated heterocycles. The number of alkyl halides is 1. The molecule has 1 aromatic heterocycles. The smallest absolute Gasteiger partial charge is 0.374 e. The van der Waals surface area contributed by atoms with Crippen molar-refractivity contribution in [3.63, 3.8) is 0 Å². The molecule has 2 aliphatic carbocycles. The first kappa shape index (κ1) is 34.0. The van der Waals surface area contributed by atoms with Crippen LogP contribution in [0, 0.1) is 23.7 Å². The molecule has 2 heterocycles. The number of rotatable bonds is 11. The van der Waals surface area contributed by atoms with Gasteiger partial charge in [-0.15, -0.1) is 0 Å². The minimum Gasteiger partial charge on any atom is -0.450 e. The number of fused-ring (bicyclic) bond motifs is 1. The molecular weight excluding hydrogens is 593 g/mol. The quantitative estimate of drug-likeness (QED) is 0.359. The molecule has 3 atom stereocenters. The SMILES string of the molecule is COC1CCC([C@@H]2CCN(C(=O)C3CCC([C@H](N)CF)CC3)[C@@H]2C(=O)Cc2ccc3oc(C(=O)OCC(=O)N(C)C)cc3c2)CC1. The Morgan fingerprint density at radius 2 is 1.74 bits per heavy atom. The molecule has 1 aromatic carbocycles. The molecule has 2 amide bonds. The standard InChI is InChI=1S/C35H48FN3O7/c1-38(2)32(41)20-45-35(43)31-18-25-16-21(4-13-30(25)46-31)17-29(40)33-27(22-9-11-26(44-3)12-10-22)14-15-39(33)34(42)24-7-5-23(6-8-24)28(37)19-36/h4,13,16,18,22-24,26-28,33H,5-12,14-15,17,19-20,37H2,1-3H3/t22?,23?,24?,26?,27-,28+,33-/m0/s1. The van der Waals surface area contributed by atoms with Crippen LogP contribution in [0.3, 0.4) is 0 Å². The number of nitrogens with zero attached hydrogens (tertiary/aromatic N) is 2. The van der Waals surface area contributed by atoms with Crippen LogP contribution >= 0.6 is 0 Å². The van der Waals surface area contributed by atoms with Crippen molar-refractivity contribution in [3.8, 4) is 0 Å². The van der Waals surface area contributed by atoms with E-state index in [2.05, 4.69) is 0 Å². The van der Waals surface area contributed by atoms with E-state index in [1.54, 1.807) is 33.3 Å². The van der Waals surface area contributed by atoms with Crippen molar-refractivity contribution in [2.75, 3.05) is 41.0 Å². The van der Waals surface area contributed by atoms with E-state index in [9.17, 15) is 23.6 Å². The Labute approximate surface area is 270 Å². The van der Waals surface area contributed by atoms with Gasteiger partial charge in [-0.2, -0.15) is 0 Å². The van der Waals surface area contributed by atoms with Gasteiger partial charge in [-0.3, -0.25) is 14.4 Å². The highest BCUT2D eigenvalue weighted by atomic mass is 19.1. The van der Waals surface area contributed by atoms with E-state index in [0.717, 1.165) is 50.5 Å². The third kappa shape index (κ3) is 7.62. The van der Waals surface area contributed by atoms with Crippen LogP contribution in [0.4, 0.5) is 4.39 Å². The van der Waals surface area contributed by atoms with Crippen LogP contribution in [0.15, 0.2) is 28.7 Å². The lowest BCUT2D eigenvalue weighted by Crippen LogP contribution is -2.48. The molecule has 3 fully saturated rings. The molecule has 0 bridgehead atoms. The van der Waals surface area contributed by atoms with Gasteiger partial charge in [0.2, 0.25) is 11.7 Å².